The number of anilines is 2. The van der Waals surface area contributed by atoms with Crippen molar-refractivity contribution >= 4 is 44.9 Å². The Labute approximate surface area is 256 Å². The molecule has 9 nitrogen and oxygen atoms in total. The zero-order chi connectivity index (χ0) is 31.0. The van der Waals surface area contributed by atoms with E-state index in [4.69, 9.17) is 17.3 Å². The van der Waals surface area contributed by atoms with Crippen molar-refractivity contribution in [3.63, 3.8) is 0 Å². The van der Waals surface area contributed by atoms with Crippen molar-refractivity contribution in [3.05, 3.63) is 51.3 Å². The predicted octanol–water partition coefficient (Wildman–Crippen LogP) is 5.40. The molecule has 2 unspecified atom stereocenters. The second-order valence-electron chi connectivity index (χ2n) is 11.5. The van der Waals surface area contributed by atoms with Crippen LogP contribution in [0.2, 0.25) is 5.02 Å². The van der Waals surface area contributed by atoms with Gasteiger partial charge in [-0.25, -0.2) is 9.18 Å². The van der Waals surface area contributed by atoms with E-state index < -0.39 is 11.5 Å². The summed E-state index contributed by atoms with van der Waals surface area (Å²) in [6.07, 6.45) is 6.64. The highest BCUT2D eigenvalue weighted by atomic mass is 35.5. The second-order valence-corrected chi connectivity index (χ2v) is 11.9. The lowest BCUT2D eigenvalue weighted by molar-refractivity contribution is 0.331. The van der Waals surface area contributed by atoms with E-state index in [1.165, 1.54) is 19.4 Å². The summed E-state index contributed by atoms with van der Waals surface area (Å²) < 4.78 is 17.9. The van der Waals surface area contributed by atoms with Gasteiger partial charge in [0.05, 0.1) is 21.8 Å². The lowest BCUT2D eigenvalue weighted by atomic mass is 9.98. The van der Waals surface area contributed by atoms with Gasteiger partial charge in [0.25, 0.3) is 0 Å². The average molecular weight is 607 g/mol. The number of nitrogens with one attached hydrogen (secondary N) is 2. The molecule has 11 heteroatoms. The van der Waals surface area contributed by atoms with Gasteiger partial charge in [-0.15, -0.1) is 0 Å². The number of H-pyrrole nitrogens is 1. The normalized spacial score (nSPS) is 21.3. The number of hydrogen-bond donors (Lipinski definition) is 3. The molecule has 3 fully saturated rings. The van der Waals surface area contributed by atoms with E-state index in [9.17, 15) is 10.1 Å². The number of aryl methyl sites for hydroxylation is 1. The van der Waals surface area contributed by atoms with Crippen molar-refractivity contribution in [1.82, 2.24) is 24.8 Å². The van der Waals surface area contributed by atoms with Crippen molar-refractivity contribution < 1.29 is 4.39 Å². The molecule has 228 valence electrons. The molecule has 4 N–H and O–H groups in total. The molecule has 3 aliphatic rings. The number of aromatic nitrogens is 3. The molecule has 0 aliphatic carbocycles. The Bertz CT molecular complexity index is 1740. The SMILES string of the molecule is CC.C[C@@H]1CCCN1C.Cn1cc(-c2c(Cl)cc3c(N4CC5CCC(C4)N5)nc(=O)[nH]c3c2F)c2c(C#N)c(N)ccc21. The van der Waals surface area contributed by atoms with Crippen LogP contribution in [0.1, 0.15) is 52.0 Å². The Balaban J connectivity index is 0.000000357. The highest BCUT2D eigenvalue weighted by molar-refractivity contribution is 6.35. The van der Waals surface area contributed by atoms with Crippen LogP contribution in [0.4, 0.5) is 15.9 Å². The summed E-state index contributed by atoms with van der Waals surface area (Å²) in [5.41, 5.74) is 7.28. The Kier molecular flexibility index (Phi) is 8.97. The zero-order valence-corrected chi connectivity index (χ0v) is 26.2. The molecule has 3 saturated heterocycles. The lowest BCUT2D eigenvalue weighted by Crippen LogP contribution is -2.51. The summed E-state index contributed by atoms with van der Waals surface area (Å²) in [7, 11) is 4.00. The van der Waals surface area contributed by atoms with Crippen LogP contribution in [0.25, 0.3) is 32.9 Å². The van der Waals surface area contributed by atoms with Crippen LogP contribution in [-0.2, 0) is 7.05 Å². The maximum Gasteiger partial charge on any atom is 0.347 e. The number of nitrogens with two attached hydrogens (primary N) is 1. The highest BCUT2D eigenvalue weighted by Gasteiger charge is 2.34. The summed E-state index contributed by atoms with van der Waals surface area (Å²) in [5.74, 6) is -0.232. The van der Waals surface area contributed by atoms with Gasteiger partial charge in [-0.2, -0.15) is 10.2 Å². The fourth-order valence-electron chi connectivity index (χ4n) is 6.56. The number of piperazine rings is 1. The first-order valence-electron chi connectivity index (χ1n) is 15.1. The number of fused-ring (bicyclic) bond motifs is 4. The van der Waals surface area contributed by atoms with Gasteiger partial charge in [0, 0.05) is 71.9 Å². The number of nitrogens with zero attached hydrogens (tertiary/aromatic N) is 5. The van der Waals surface area contributed by atoms with Crippen LogP contribution in [0.5, 0.6) is 0 Å². The minimum Gasteiger partial charge on any atom is -0.398 e. The number of aromatic amines is 1. The number of likely N-dealkylation sites (tertiary alicyclic amines) is 1. The van der Waals surface area contributed by atoms with Crippen molar-refractivity contribution in [2.45, 2.75) is 64.6 Å². The molecule has 2 aromatic heterocycles. The third kappa shape index (κ3) is 5.69. The van der Waals surface area contributed by atoms with Gasteiger partial charge in [0.15, 0.2) is 5.82 Å². The van der Waals surface area contributed by atoms with Crippen LogP contribution in [0, 0.1) is 17.1 Å². The van der Waals surface area contributed by atoms with Gasteiger partial charge in [-0.05, 0) is 64.4 Å². The molecule has 2 aromatic carbocycles. The van der Waals surface area contributed by atoms with Gasteiger partial charge in [-0.1, -0.05) is 25.4 Å². The first-order valence-corrected chi connectivity index (χ1v) is 15.4. The molecule has 3 atom stereocenters. The molecule has 43 heavy (non-hydrogen) atoms. The summed E-state index contributed by atoms with van der Waals surface area (Å²) in [4.78, 5) is 23.7. The molecule has 2 bridgehead atoms. The monoisotopic (exact) mass is 606 g/mol. The smallest absolute Gasteiger partial charge is 0.347 e. The van der Waals surface area contributed by atoms with Crippen molar-refractivity contribution in [1.29, 1.82) is 5.26 Å². The van der Waals surface area contributed by atoms with Crippen LogP contribution in [0.15, 0.2) is 29.2 Å². The zero-order valence-electron chi connectivity index (χ0n) is 25.5. The largest absolute Gasteiger partial charge is 0.398 e. The third-order valence-electron chi connectivity index (χ3n) is 8.87. The molecule has 0 amide bonds. The number of rotatable bonds is 2. The van der Waals surface area contributed by atoms with E-state index in [0.717, 1.165) is 24.4 Å². The van der Waals surface area contributed by atoms with Gasteiger partial charge in [0.2, 0.25) is 0 Å². The predicted molar refractivity (Wildman–Crippen MR) is 173 cm³/mol. The van der Waals surface area contributed by atoms with E-state index in [1.807, 2.05) is 18.7 Å². The standard InChI is InChI=1S/C24H21ClFN7O.C6H13N.C2H6/c1-32-10-15(19-14(7-27)17(28)4-5-18(19)32)20-16(25)6-13-22(21(20)26)30-24(34)31-23(13)33-8-11-2-3-12(9-33)29-11;1-6-4-3-5-7(6)2;1-2/h4-6,10-12,29H,2-3,8-9,28H2,1H3,(H,30,31,34);6H,3-5H2,1-2H3;1-2H3/t;6-;/m.1./s1. The Morgan fingerprint density at radius 3 is 2.44 bits per heavy atom. The van der Waals surface area contributed by atoms with Gasteiger partial charge < -0.3 is 30.4 Å². The van der Waals surface area contributed by atoms with Crippen molar-refractivity contribution in [2.75, 3.05) is 37.3 Å². The first-order chi connectivity index (χ1) is 20.7. The number of hydrogen-bond acceptors (Lipinski definition) is 7. The molecule has 5 heterocycles. The first kappa shape index (κ1) is 30.8. The van der Waals surface area contributed by atoms with Crippen LogP contribution in [0.3, 0.4) is 0 Å². The van der Waals surface area contributed by atoms with E-state index in [1.54, 1.807) is 36.0 Å². The quantitative estimate of drug-likeness (QED) is 0.262. The number of nitrogen functional groups attached to an aromatic ring is 1. The maximum absolute atomic E-state index is 16.1. The summed E-state index contributed by atoms with van der Waals surface area (Å²) in [6.45, 7) is 8.97. The molecular formula is C32H40ClFN8O. The molecule has 3 aliphatic heterocycles. The topological polar surface area (TPSA) is 119 Å². The lowest BCUT2D eigenvalue weighted by Gasteiger charge is -2.34. The minimum absolute atomic E-state index is 0.0414. The van der Waals surface area contributed by atoms with Crippen molar-refractivity contribution in [2.24, 2.45) is 7.05 Å². The van der Waals surface area contributed by atoms with Gasteiger partial charge >= 0.3 is 5.69 Å². The molecule has 0 radical (unpaired) electrons. The van der Waals surface area contributed by atoms with E-state index in [2.05, 4.69) is 40.2 Å². The maximum atomic E-state index is 16.1. The summed E-state index contributed by atoms with van der Waals surface area (Å²) in [5, 5.41) is 14.4. The van der Waals surface area contributed by atoms with E-state index in [-0.39, 0.29) is 21.7 Å². The Hall–Kier alpha value is -3.65. The van der Waals surface area contributed by atoms with Gasteiger partial charge in [0.1, 0.15) is 11.9 Å². The average Bonchev–Trinajstić information content (AvgIpc) is 3.65. The summed E-state index contributed by atoms with van der Waals surface area (Å²) >= 11 is 6.69. The molecular weight excluding hydrogens is 567 g/mol. The number of halogens is 2. The van der Waals surface area contributed by atoms with Crippen LogP contribution < -0.4 is 21.6 Å². The molecule has 7 rings (SSSR count). The number of nitriles is 1. The number of benzene rings is 2. The van der Waals surface area contributed by atoms with E-state index >= 15 is 4.39 Å². The fraction of sp³-hybridized carbons (Fsp3) is 0.469. The third-order valence-corrected chi connectivity index (χ3v) is 9.17. The fourth-order valence-corrected chi connectivity index (χ4v) is 6.85. The molecule has 4 aromatic rings. The summed E-state index contributed by atoms with van der Waals surface area (Å²) in [6, 6.07) is 8.70. The van der Waals surface area contributed by atoms with Crippen LogP contribution >= 0.6 is 11.6 Å². The second kappa shape index (κ2) is 12.5. The Morgan fingerprint density at radius 2 is 1.86 bits per heavy atom. The minimum atomic E-state index is -0.667. The van der Waals surface area contributed by atoms with E-state index in [0.29, 0.717) is 53.0 Å². The van der Waals surface area contributed by atoms with Crippen LogP contribution in [-0.4, -0.2) is 64.2 Å². The highest BCUT2D eigenvalue weighted by Crippen LogP contribution is 2.42. The van der Waals surface area contributed by atoms with Crippen molar-refractivity contribution in [3.8, 4) is 17.2 Å². The molecule has 0 spiro atoms. The molecule has 0 saturated carbocycles. The van der Waals surface area contributed by atoms with Gasteiger partial charge in [-0.3, -0.25) is 0 Å². The Morgan fingerprint density at radius 1 is 1.16 bits per heavy atom.